The Labute approximate surface area is 490 Å². The molecule has 0 radical (unpaired) electrons. The molecule has 0 spiro atoms. The molecule has 6 atom stereocenters. The fourth-order valence-corrected chi connectivity index (χ4v) is 8.95. The number of aliphatic hydroxyl groups excluding tert-OH is 2. The van der Waals surface area contributed by atoms with Crippen molar-refractivity contribution in [2.75, 3.05) is 90.5 Å². The van der Waals surface area contributed by atoms with Crippen LogP contribution in [0, 0.1) is 11.8 Å². The monoisotopic (exact) mass is 1220 g/mol. The first-order valence-corrected chi connectivity index (χ1v) is 26.2. The van der Waals surface area contributed by atoms with Crippen molar-refractivity contribution >= 4 is 102 Å². The van der Waals surface area contributed by atoms with Crippen molar-refractivity contribution in [2.24, 2.45) is 11.8 Å². The van der Waals surface area contributed by atoms with E-state index >= 15 is 0 Å². The van der Waals surface area contributed by atoms with E-state index in [-0.39, 0.29) is 77.0 Å². The van der Waals surface area contributed by atoms with Crippen LogP contribution >= 0.6 is 12.2 Å². The van der Waals surface area contributed by atoms with Gasteiger partial charge in [-0.1, -0.05) is 42.5 Å². The number of aliphatic hydroxyl groups is 2. The zero-order chi connectivity index (χ0) is 59.6. The first-order valence-electron chi connectivity index (χ1n) is 25.8. The fraction of sp³-hybridized carbons (Fsp3) is 0.500. The fourth-order valence-electron chi connectivity index (χ4n) is 8.69. The van der Waals surface area contributed by atoms with E-state index in [1.165, 1.54) is 19.4 Å². The number of carboxylic acid groups (broad SMARTS) is 5. The van der Waals surface area contributed by atoms with Gasteiger partial charge in [0, 0.05) is 121 Å². The predicted molar refractivity (Wildman–Crippen MR) is 289 cm³/mol. The smallest absolute Gasteiger partial charge is 0.549 e. The molecule has 82 heavy (non-hydrogen) atoms. The Morgan fingerprint density at radius 2 is 1.09 bits per heavy atom. The molecule has 1 aliphatic heterocycles. The average molecular weight is 1220 g/mol. The molecule has 0 aliphatic carbocycles. The first-order chi connectivity index (χ1) is 38.5. The number of ketones is 2. The van der Waals surface area contributed by atoms with Gasteiger partial charge in [-0.2, -0.15) is 0 Å². The average Bonchev–Trinajstić information content (AvgIpc) is 3.95. The van der Waals surface area contributed by atoms with Gasteiger partial charge in [0.2, 0.25) is 17.7 Å². The van der Waals surface area contributed by atoms with Crippen molar-refractivity contribution in [3.63, 3.8) is 0 Å². The molecule has 2 heterocycles. The Kier molecular flexibility index (Phi) is 30.0. The van der Waals surface area contributed by atoms with Gasteiger partial charge in [0.05, 0.1) is 55.8 Å². The van der Waals surface area contributed by atoms with Crippen LogP contribution in [0.5, 0.6) is 0 Å². The molecule has 4 rings (SSSR count). The van der Waals surface area contributed by atoms with Crippen molar-refractivity contribution in [2.45, 2.75) is 69.7 Å². The summed E-state index contributed by atoms with van der Waals surface area (Å²) in [5, 5.41) is 86.0. The number of thiocarbonyl (C=S) groups is 1. The first kappa shape index (κ1) is 69.1. The van der Waals surface area contributed by atoms with Crippen molar-refractivity contribution in [3.05, 3.63) is 83.9 Å². The molecule has 0 saturated carbocycles. The summed E-state index contributed by atoms with van der Waals surface area (Å²) in [4.78, 5) is 140. The molecule has 0 bridgehead atoms. The van der Waals surface area contributed by atoms with E-state index in [9.17, 15) is 83.7 Å². The molecule has 1 aromatic heterocycles. The molecule has 28 nitrogen and oxygen atoms in total. The Morgan fingerprint density at radius 3 is 1.55 bits per heavy atom. The molecule has 442 valence electrons. The number of carbonyl (C=O) groups excluding carboxylic acids is 8. The minimum Gasteiger partial charge on any atom is -0.549 e. The van der Waals surface area contributed by atoms with Crippen LogP contribution in [0.4, 0.5) is 5.69 Å². The van der Waals surface area contributed by atoms with Crippen LogP contribution in [0.25, 0.3) is 0 Å². The summed E-state index contributed by atoms with van der Waals surface area (Å²) in [5.74, 6) is -13.5. The second-order valence-corrected chi connectivity index (χ2v) is 19.8. The third-order valence-corrected chi connectivity index (χ3v) is 13.3. The number of amides is 3. The van der Waals surface area contributed by atoms with Crippen molar-refractivity contribution < 1.29 is 83.7 Å². The van der Waals surface area contributed by atoms with Crippen LogP contribution in [0.1, 0.15) is 43.0 Å². The van der Waals surface area contributed by atoms with Gasteiger partial charge in [0.25, 0.3) is 0 Å². The number of nitrogens with zero attached hydrogens (tertiary/aromatic N) is 5. The predicted octanol–water partition coefficient (Wildman–Crippen LogP) is -6.69. The summed E-state index contributed by atoms with van der Waals surface area (Å²) in [7, 11) is 0. The van der Waals surface area contributed by atoms with E-state index < -0.39 is 147 Å². The van der Waals surface area contributed by atoms with Gasteiger partial charge in [-0.3, -0.25) is 48.4 Å². The standard InChI is InChI=1S/C52H71N11O17S.Ga/c1-32(42(66)21-36(20-38-24-53-31-54-38)49(77)57-40(29-64)43(67)22-35(19-33-5-3-2-4-6-33)48(76)58-41(30-65)51(79)80)55-50(78)39(23-44(68)69)59-52(81)56-37-9-7-34(8-10-37)25-60-11-13-61(26-45(70)71)15-17-63(28-47(74)75)18-16-62(14-12-60)27-46(72)73;/h2-10,24,31-32,35-36,39-41,64-65H,11-23,25-30H2,1H3,(H,53,54)(H,55,78)(H,57,77)(H,58,76)(H,68,69)(H,70,71)(H,72,73)(H,74,75)(H,79,80)(H2,56,59,81);/q;+3/p-3/t32-,35+,36+,39-,40-,41-;/m0./s1. The van der Waals surface area contributed by atoms with E-state index in [0.717, 1.165) is 5.56 Å². The maximum atomic E-state index is 13.9. The molecule has 30 heteroatoms. The zero-order valence-corrected chi connectivity index (χ0v) is 48.3. The molecule has 10 N–H and O–H groups in total. The number of aliphatic carboxylic acids is 5. The molecule has 1 fully saturated rings. The van der Waals surface area contributed by atoms with E-state index in [2.05, 4.69) is 36.6 Å². The maximum Gasteiger partial charge on any atom is 3.00 e. The van der Waals surface area contributed by atoms with Crippen molar-refractivity contribution in [1.29, 1.82) is 0 Å². The van der Waals surface area contributed by atoms with Gasteiger partial charge >= 0.3 is 31.7 Å². The summed E-state index contributed by atoms with van der Waals surface area (Å²) < 4.78 is 0. The number of nitrogens with one attached hydrogen (secondary N) is 6. The Bertz CT molecular complexity index is 2590. The number of carbonyl (C=O) groups is 10. The molecule has 1 saturated heterocycles. The van der Waals surface area contributed by atoms with Crippen LogP contribution in [0.2, 0.25) is 0 Å². The molecule has 0 unspecified atom stereocenters. The van der Waals surface area contributed by atoms with Gasteiger partial charge < -0.3 is 81.7 Å². The van der Waals surface area contributed by atoms with Gasteiger partial charge in [0.15, 0.2) is 16.7 Å². The molecule has 1 aliphatic rings. The van der Waals surface area contributed by atoms with Crippen LogP contribution < -0.4 is 41.9 Å². The van der Waals surface area contributed by atoms with Gasteiger partial charge in [0.1, 0.15) is 18.1 Å². The van der Waals surface area contributed by atoms with Crippen LogP contribution in [-0.2, 0) is 67.3 Å². The van der Waals surface area contributed by atoms with Gasteiger partial charge in [-0.05, 0) is 48.8 Å². The molecular weight excluding hydrogens is 1150 g/mol. The number of carboxylic acids is 5. The second-order valence-electron chi connectivity index (χ2n) is 19.4. The molecule has 3 amide bonds. The van der Waals surface area contributed by atoms with Crippen LogP contribution in [-0.4, -0.2) is 243 Å². The number of benzene rings is 2. The van der Waals surface area contributed by atoms with Crippen molar-refractivity contribution in [3.8, 4) is 0 Å². The van der Waals surface area contributed by atoms with E-state index in [0.29, 0.717) is 36.6 Å². The van der Waals surface area contributed by atoms with Gasteiger partial charge in [-0.15, -0.1) is 0 Å². The van der Waals surface area contributed by atoms with Crippen molar-refractivity contribution in [1.82, 2.24) is 50.8 Å². The number of H-pyrrole nitrogens is 1. The Hall–Kier alpha value is -7.16. The SMILES string of the molecule is C[C@H](NC(=O)[C@H](CC(=O)O)NC(=S)Nc1ccc(CN2CCN(CC(=O)[O-])CCN(CC(=O)[O-])CCN(CC(=O)[O-])CC2)cc1)C(=O)C[C@@H](Cc1cnc[nH]1)C(=O)N[C@@H](CO)C(=O)C[C@@H](Cc1ccccc1)C(=O)N[C@@H](CO)C(=O)O.[Ga+3]. The van der Waals surface area contributed by atoms with E-state index in [1.54, 1.807) is 69.3 Å². The Morgan fingerprint density at radius 1 is 0.598 bits per heavy atom. The largest absolute Gasteiger partial charge is 3.00 e. The number of rotatable bonds is 31. The topological polar surface area (TPSA) is 423 Å². The number of aromatic nitrogens is 2. The third kappa shape index (κ3) is 25.3. The molecular formula is C52H68GaN11O17S. The number of anilines is 1. The molecule has 3 aromatic rings. The maximum absolute atomic E-state index is 13.9. The zero-order valence-electron chi connectivity index (χ0n) is 45.1. The minimum atomic E-state index is -1.67. The van der Waals surface area contributed by atoms with E-state index in [4.69, 9.17) is 12.2 Å². The number of Topliss-reactive ketones (excluding diaryl/α,β-unsaturated/α-hetero) is 2. The van der Waals surface area contributed by atoms with E-state index in [1.807, 2.05) is 4.90 Å². The summed E-state index contributed by atoms with van der Waals surface area (Å²) >= 11 is 5.44. The second kappa shape index (κ2) is 35.6. The summed E-state index contributed by atoms with van der Waals surface area (Å²) in [6.07, 6.45) is 0.601. The number of hydrogen-bond donors (Lipinski definition) is 10. The molecule has 2 aromatic carbocycles. The normalized spacial score (nSPS) is 16.1. The quantitative estimate of drug-likeness (QED) is 0.0211. The summed E-state index contributed by atoms with van der Waals surface area (Å²) in [5.41, 5.74) is 2.20. The minimum absolute atomic E-state index is 0. The van der Waals surface area contributed by atoms with Crippen LogP contribution in [0.15, 0.2) is 67.1 Å². The third-order valence-electron chi connectivity index (χ3n) is 13.1. The van der Waals surface area contributed by atoms with Crippen LogP contribution in [0.3, 0.4) is 0 Å². The summed E-state index contributed by atoms with van der Waals surface area (Å²) in [6, 6.07) is 9.12. The number of aromatic amines is 1. The number of hydrogen-bond acceptors (Lipinski definition) is 21. The Balaban J connectivity index is 0.0000176. The van der Waals surface area contributed by atoms with Gasteiger partial charge in [-0.25, -0.2) is 9.78 Å². The summed E-state index contributed by atoms with van der Waals surface area (Å²) in [6.45, 7) is 0.419. The number of imidazole rings is 1.